The standard InChI is InChI=1S/C16H19NO3/c1-3-4-11-20-16(18)14(9-10-17)12-13-5-7-15(19-2)8-6-13/h5-8,12H,3-4,9,11H2,1-2H3/b14-12+. The van der Waals surface area contributed by atoms with Crippen molar-refractivity contribution in [3.63, 3.8) is 0 Å². The van der Waals surface area contributed by atoms with Crippen molar-refractivity contribution in [1.29, 1.82) is 5.26 Å². The van der Waals surface area contributed by atoms with Gasteiger partial charge >= 0.3 is 5.97 Å². The van der Waals surface area contributed by atoms with Crippen molar-refractivity contribution in [3.05, 3.63) is 35.4 Å². The van der Waals surface area contributed by atoms with Gasteiger partial charge in [-0.05, 0) is 30.2 Å². The third-order valence-electron chi connectivity index (χ3n) is 2.72. The molecular weight excluding hydrogens is 254 g/mol. The third kappa shape index (κ3) is 5.15. The lowest BCUT2D eigenvalue weighted by Crippen LogP contribution is -2.08. The molecule has 0 heterocycles. The molecule has 1 aromatic rings. The Balaban J connectivity index is 2.80. The number of benzene rings is 1. The number of carbonyl (C=O) groups excluding carboxylic acids is 1. The second-order valence-electron chi connectivity index (χ2n) is 4.27. The van der Waals surface area contributed by atoms with Crippen molar-refractivity contribution in [1.82, 2.24) is 0 Å². The van der Waals surface area contributed by atoms with Gasteiger partial charge in [0.2, 0.25) is 0 Å². The van der Waals surface area contributed by atoms with E-state index in [1.54, 1.807) is 25.3 Å². The van der Waals surface area contributed by atoms with E-state index in [-0.39, 0.29) is 6.42 Å². The molecule has 1 rings (SSSR count). The fourth-order valence-corrected chi connectivity index (χ4v) is 1.57. The Morgan fingerprint density at radius 1 is 1.35 bits per heavy atom. The zero-order valence-electron chi connectivity index (χ0n) is 11.9. The fourth-order valence-electron chi connectivity index (χ4n) is 1.57. The lowest BCUT2D eigenvalue weighted by molar-refractivity contribution is -0.139. The van der Waals surface area contributed by atoms with Crippen molar-refractivity contribution < 1.29 is 14.3 Å². The van der Waals surface area contributed by atoms with E-state index < -0.39 is 5.97 Å². The molecule has 0 amide bonds. The van der Waals surface area contributed by atoms with Crippen LogP contribution in [-0.4, -0.2) is 19.7 Å². The van der Waals surface area contributed by atoms with Crippen molar-refractivity contribution in [2.75, 3.05) is 13.7 Å². The van der Waals surface area contributed by atoms with Gasteiger partial charge in [0.05, 0.1) is 31.8 Å². The number of nitrogens with zero attached hydrogens (tertiary/aromatic N) is 1. The van der Waals surface area contributed by atoms with Gasteiger partial charge in [0.15, 0.2) is 0 Å². The highest BCUT2D eigenvalue weighted by Crippen LogP contribution is 2.16. The molecule has 106 valence electrons. The molecule has 4 nitrogen and oxygen atoms in total. The Kier molecular flexibility index (Phi) is 6.91. The van der Waals surface area contributed by atoms with Gasteiger partial charge in [0.25, 0.3) is 0 Å². The maximum Gasteiger partial charge on any atom is 0.335 e. The largest absolute Gasteiger partial charge is 0.497 e. The van der Waals surface area contributed by atoms with E-state index in [0.29, 0.717) is 12.2 Å². The number of esters is 1. The van der Waals surface area contributed by atoms with Crippen LogP contribution < -0.4 is 4.74 Å². The van der Waals surface area contributed by atoms with Crippen LogP contribution >= 0.6 is 0 Å². The molecule has 0 saturated carbocycles. The molecule has 0 unspecified atom stereocenters. The number of carbonyl (C=O) groups is 1. The second kappa shape index (κ2) is 8.76. The molecule has 0 saturated heterocycles. The number of hydrogen-bond acceptors (Lipinski definition) is 4. The molecule has 0 aromatic heterocycles. The predicted molar refractivity (Wildman–Crippen MR) is 77.1 cm³/mol. The maximum atomic E-state index is 11.9. The van der Waals surface area contributed by atoms with Crippen molar-refractivity contribution in [2.45, 2.75) is 26.2 Å². The minimum absolute atomic E-state index is 0.0387. The van der Waals surface area contributed by atoms with Gasteiger partial charge in [0, 0.05) is 0 Å². The smallest absolute Gasteiger partial charge is 0.335 e. The van der Waals surface area contributed by atoms with Crippen LogP contribution in [0.2, 0.25) is 0 Å². The molecule has 0 N–H and O–H groups in total. The molecule has 0 atom stereocenters. The molecular formula is C16H19NO3. The van der Waals surface area contributed by atoms with Crippen LogP contribution in [0.25, 0.3) is 6.08 Å². The zero-order chi connectivity index (χ0) is 14.8. The van der Waals surface area contributed by atoms with E-state index in [1.165, 1.54) is 0 Å². The monoisotopic (exact) mass is 273 g/mol. The van der Waals surface area contributed by atoms with Crippen LogP contribution in [0.5, 0.6) is 5.75 Å². The summed E-state index contributed by atoms with van der Waals surface area (Å²) in [6.07, 6.45) is 3.51. The number of methoxy groups -OCH3 is 1. The number of unbranched alkanes of at least 4 members (excludes halogenated alkanes) is 1. The lowest BCUT2D eigenvalue weighted by atomic mass is 10.1. The van der Waals surface area contributed by atoms with Crippen molar-refractivity contribution >= 4 is 12.0 Å². The quantitative estimate of drug-likeness (QED) is 0.434. The Labute approximate surface area is 119 Å². The first kappa shape index (κ1) is 15.8. The molecule has 1 aromatic carbocycles. The normalized spacial score (nSPS) is 10.8. The Hall–Kier alpha value is -2.28. The summed E-state index contributed by atoms with van der Waals surface area (Å²) < 4.78 is 10.2. The first-order valence-corrected chi connectivity index (χ1v) is 6.60. The average Bonchev–Trinajstić information content (AvgIpc) is 2.47. The van der Waals surface area contributed by atoms with E-state index >= 15 is 0 Å². The minimum Gasteiger partial charge on any atom is -0.497 e. The summed E-state index contributed by atoms with van der Waals surface area (Å²) in [4.78, 5) is 11.9. The van der Waals surface area contributed by atoms with Gasteiger partial charge in [-0.2, -0.15) is 5.26 Å². The second-order valence-corrected chi connectivity index (χ2v) is 4.27. The van der Waals surface area contributed by atoms with Crippen LogP contribution in [0.3, 0.4) is 0 Å². The average molecular weight is 273 g/mol. The molecule has 0 radical (unpaired) electrons. The van der Waals surface area contributed by atoms with Crippen LogP contribution in [-0.2, 0) is 9.53 Å². The zero-order valence-corrected chi connectivity index (χ0v) is 11.9. The van der Waals surface area contributed by atoms with Gasteiger partial charge in [-0.3, -0.25) is 0 Å². The molecule has 20 heavy (non-hydrogen) atoms. The van der Waals surface area contributed by atoms with Gasteiger partial charge < -0.3 is 9.47 Å². The van der Waals surface area contributed by atoms with Gasteiger partial charge in [0.1, 0.15) is 5.75 Å². The number of rotatable bonds is 7. The Morgan fingerprint density at radius 3 is 2.60 bits per heavy atom. The van der Waals surface area contributed by atoms with E-state index in [1.807, 2.05) is 25.1 Å². The summed E-state index contributed by atoms with van der Waals surface area (Å²) in [6.45, 7) is 2.41. The van der Waals surface area contributed by atoms with Gasteiger partial charge in [-0.15, -0.1) is 0 Å². The molecule has 0 aliphatic rings. The van der Waals surface area contributed by atoms with Crippen LogP contribution in [0.1, 0.15) is 31.7 Å². The maximum absolute atomic E-state index is 11.9. The molecule has 0 spiro atoms. The summed E-state index contributed by atoms with van der Waals surface area (Å²) in [5.74, 6) is 0.324. The van der Waals surface area contributed by atoms with E-state index in [9.17, 15) is 4.79 Å². The van der Waals surface area contributed by atoms with Crippen LogP contribution in [0, 0.1) is 11.3 Å². The van der Waals surface area contributed by atoms with Crippen LogP contribution in [0.4, 0.5) is 0 Å². The van der Waals surface area contributed by atoms with Gasteiger partial charge in [-0.25, -0.2) is 4.79 Å². The molecule has 4 heteroatoms. The molecule has 0 aliphatic carbocycles. The number of hydrogen-bond donors (Lipinski definition) is 0. The summed E-state index contributed by atoms with van der Waals surface area (Å²) in [5.41, 5.74) is 1.21. The molecule has 0 bridgehead atoms. The number of nitriles is 1. The highest BCUT2D eigenvalue weighted by atomic mass is 16.5. The van der Waals surface area contributed by atoms with E-state index in [2.05, 4.69) is 0 Å². The topological polar surface area (TPSA) is 59.3 Å². The summed E-state index contributed by atoms with van der Waals surface area (Å²) >= 11 is 0. The van der Waals surface area contributed by atoms with Crippen molar-refractivity contribution in [2.24, 2.45) is 0 Å². The molecule has 0 fully saturated rings. The first-order chi connectivity index (χ1) is 9.71. The molecule has 0 aliphatic heterocycles. The highest BCUT2D eigenvalue weighted by molar-refractivity contribution is 5.94. The van der Waals surface area contributed by atoms with Gasteiger partial charge in [-0.1, -0.05) is 25.5 Å². The lowest BCUT2D eigenvalue weighted by Gasteiger charge is -2.06. The first-order valence-electron chi connectivity index (χ1n) is 6.60. The Bertz CT molecular complexity index is 497. The Morgan fingerprint density at radius 2 is 2.05 bits per heavy atom. The predicted octanol–water partition coefficient (Wildman–Crippen LogP) is 3.34. The third-order valence-corrected chi connectivity index (χ3v) is 2.72. The van der Waals surface area contributed by atoms with E-state index in [4.69, 9.17) is 14.7 Å². The fraction of sp³-hybridized carbons (Fsp3) is 0.375. The van der Waals surface area contributed by atoms with E-state index in [0.717, 1.165) is 24.2 Å². The summed E-state index contributed by atoms with van der Waals surface area (Å²) in [5, 5.41) is 8.80. The minimum atomic E-state index is -0.421. The number of ether oxygens (including phenoxy) is 2. The highest BCUT2D eigenvalue weighted by Gasteiger charge is 2.10. The summed E-state index contributed by atoms with van der Waals surface area (Å²) in [7, 11) is 1.59. The SMILES string of the molecule is CCCCOC(=O)/C(=C/c1ccc(OC)cc1)CC#N. The van der Waals surface area contributed by atoms with Crippen molar-refractivity contribution in [3.8, 4) is 11.8 Å². The summed E-state index contributed by atoms with van der Waals surface area (Å²) in [6, 6.07) is 9.25. The van der Waals surface area contributed by atoms with Crippen LogP contribution in [0.15, 0.2) is 29.8 Å².